The number of aromatic nitrogens is 1. The number of nitrogens with zero attached hydrogens (tertiary/aromatic N) is 2. The highest BCUT2D eigenvalue weighted by Crippen LogP contribution is 2.33. The van der Waals surface area contributed by atoms with Gasteiger partial charge in [-0.2, -0.15) is 5.26 Å². The van der Waals surface area contributed by atoms with Gasteiger partial charge in [0.25, 0.3) is 0 Å². The number of ether oxygens (including phenoxy) is 1. The summed E-state index contributed by atoms with van der Waals surface area (Å²) >= 11 is 0. The van der Waals surface area contributed by atoms with Crippen molar-refractivity contribution in [3.63, 3.8) is 0 Å². The van der Waals surface area contributed by atoms with Crippen molar-refractivity contribution in [2.24, 2.45) is 0 Å². The van der Waals surface area contributed by atoms with Gasteiger partial charge in [-0.3, -0.25) is 4.98 Å². The molecule has 4 nitrogen and oxygen atoms in total. The van der Waals surface area contributed by atoms with Crippen molar-refractivity contribution in [3.05, 3.63) is 60.3 Å². The molecule has 2 bridgehead atoms. The fourth-order valence-corrected chi connectivity index (χ4v) is 4.51. The van der Waals surface area contributed by atoms with Crippen LogP contribution in [0.25, 0.3) is 22.0 Å². The highest BCUT2D eigenvalue weighted by molar-refractivity contribution is 5.94. The van der Waals surface area contributed by atoms with Crippen LogP contribution in [0.15, 0.2) is 54.7 Å². The van der Waals surface area contributed by atoms with Gasteiger partial charge in [0.05, 0.1) is 17.3 Å². The van der Waals surface area contributed by atoms with Gasteiger partial charge in [0.15, 0.2) is 0 Å². The first-order chi connectivity index (χ1) is 13.3. The third-order valence-corrected chi connectivity index (χ3v) is 5.72. The Balaban J connectivity index is 1.52. The summed E-state index contributed by atoms with van der Waals surface area (Å²) < 4.78 is 6.33. The zero-order chi connectivity index (χ0) is 18.2. The fraction of sp³-hybridized carbons (Fsp3) is 0.304. The van der Waals surface area contributed by atoms with Crippen molar-refractivity contribution < 1.29 is 4.74 Å². The van der Waals surface area contributed by atoms with Crippen LogP contribution in [-0.2, 0) is 0 Å². The normalized spacial score (nSPS) is 23.9. The first-order valence-corrected chi connectivity index (χ1v) is 9.60. The lowest BCUT2D eigenvalue weighted by atomic mass is 10.0. The Morgan fingerprint density at radius 2 is 1.85 bits per heavy atom. The Hall–Kier alpha value is -2.90. The van der Waals surface area contributed by atoms with Crippen molar-refractivity contribution in [1.82, 2.24) is 10.3 Å². The van der Waals surface area contributed by atoms with Crippen molar-refractivity contribution in [1.29, 1.82) is 5.26 Å². The van der Waals surface area contributed by atoms with E-state index >= 15 is 0 Å². The Labute approximate surface area is 158 Å². The molecule has 1 unspecified atom stereocenters. The molecule has 27 heavy (non-hydrogen) atoms. The lowest BCUT2D eigenvalue weighted by Gasteiger charge is -2.29. The summed E-state index contributed by atoms with van der Waals surface area (Å²) in [6, 6.07) is 19.4. The molecule has 2 fully saturated rings. The minimum Gasteiger partial charge on any atom is -0.490 e. The molecule has 0 spiro atoms. The van der Waals surface area contributed by atoms with Gasteiger partial charge in [-0.1, -0.05) is 24.3 Å². The standard InChI is InChI=1S/C23H21N3O/c24-14-15-9-17(23-22-4-2-1-3-16(22)7-8-25-23)11-20(10-15)27-21-12-18-5-6-19(13-21)26-18/h1-4,7-11,18-19,21,26H,5-6,12-13H2/t18-,19+,21?. The van der Waals surface area contributed by atoms with Crippen LogP contribution in [0.1, 0.15) is 31.2 Å². The van der Waals surface area contributed by atoms with E-state index < -0.39 is 0 Å². The maximum atomic E-state index is 9.51. The highest BCUT2D eigenvalue weighted by atomic mass is 16.5. The van der Waals surface area contributed by atoms with Gasteiger partial charge in [-0.15, -0.1) is 0 Å². The number of benzene rings is 2. The van der Waals surface area contributed by atoms with Crippen LogP contribution < -0.4 is 10.1 Å². The molecule has 0 radical (unpaired) electrons. The van der Waals surface area contributed by atoms with Crippen LogP contribution in [-0.4, -0.2) is 23.2 Å². The quantitative estimate of drug-likeness (QED) is 0.755. The molecule has 0 amide bonds. The van der Waals surface area contributed by atoms with Gasteiger partial charge in [0, 0.05) is 29.2 Å². The lowest BCUT2D eigenvalue weighted by Crippen LogP contribution is -2.42. The summed E-state index contributed by atoms with van der Waals surface area (Å²) in [7, 11) is 0. The maximum Gasteiger partial charge on any atom is 0.121 e. The molecule has 5 rings (SSSR count). The number of fused-ring (bicyclic) bond motifs is 3. The van der Waals surface area contributed by atoms with Crippen molar-refractivity contribution >= 4 is 10.8 Å². The smallest absolute Gasteiger partial charge is 0.121 e. The zero-order valence-electron chi connectivity index (χ0n) is 15.1. The number of hydrogen-bond acceptors (Lipinski definition) is 4. The molecular formula is C23H21N3O. The van der Waals surface area contributed by atoms with Crippen LogP contribution >= 0.6 is 0 Å². The Kier molecular flexibility index (Phi) is 4.03. The second-order valence-electron chi connectivity index (χ2n) is 7.59. The molecule has 1 aromatic heterocycles. The summed E-state index contributed by atoms with van der Waals surface area (Å²) in [5.41, 5.74) is 2.42. The molecule has 2 aromatic carbocycles. The average molecular weight is 355 g/mol. The van der Waals surface area contributed by atoms with E-state index in [1.165, 1.54) is 12.8 Å². The Morgan fingerprint density at radius 3 is 2.67 bits per heavy atom. The average Bonchev–Trinajstić information content (AvgIpc) is 3.05. The number of hydrogen-bond donors (Lipinski definition) is 1. The lowest BCUT2D eigenvalue weighted by molar-refractivity contribution is 0.137. The summed E-state index contributed by atoms with van der Waals surface area (Å²) in [5, 5.41) is 15.4. The van der Waals surface area contributed by atoms with Gasteiger partial charge >= 0.3 is 0 Å². The predicted molar refractivity (Wildman–Crippen MR) is 105 cm³/mol. The number of pyridine rings is 1. The molecular weight excluding hydrogens is 334 g/mol. The van der Waals surface area contributed by atoms with E-state index in [2.05, 4.69) is 28.5 Å². The third kappa shape index (κ3) is 3.15. The van der Waals surface area contributed by atoms with Crippen LogP contribution in [0.5, 0.6) is 5.75 Å². The summed E-state index contributed by atoms with van der Waals surface area (Å²) in [6.07, 6.45) is 6.60. The van der Waals surface area contributed by atoms with Gasteiger partial charge in [-0.05, 0) is 55.3 Å². The van der Waals surface area contributed by atoms with Gasteiger partial charge in [0.1, 0.15) is 11.9 Å². The number of piperidine rings is 1. The number of rotatable bonds is 3. The monoisotopic (exact) mass is 355 g/mol. The van der Waals surface area contributed by atoms with Crippen LogP contribution in [0.4, 0.5) is 0 Å². The summed E-state index contributed by atoms with van der Waals surface area (Å²) in [5.74, 6) is 0.769. The van der Waals surface area contributed by atoms with Gasteiger partial charge in [0.2, 0.25) is 0 Å². The SMILES string of the molecule is N#Cc1cc(OC2C[C@H]3CC[C@@H](C2)N3)cc(-c2nccc3ccccc23)c1. The van der Waals surface area contributed by atoms with Crippen LogP contribution in [0, 0.1) is 11.3 Å². The molecule has 0 saturated carbocycles. The number of nitrogens with one attached hydrogen (secondary N) is 1. The summed E-state index contributed by atoms with van der Waals surface area (Å²) in [4.78, 5) is 4.60. The van der Waals surface area contributed by atoms with Crippen molar-refractivity contribution in [2.75, 3.05) is 0 Å². The molecule has 2 aliphatic heterocycles. The predicted octanol–water partition coefficient (Wildman–Crippen LogP) is 4.44. The molecule has 1 N–H and O–H groups in total. The Morgan fingerprint density at radius 1 is 1.04 bits per heavy atom. The Bertz CT molecular complexity index is 1020. The molecule has 2 saturated heterocycles. The minimum absolute atomic E-state index is 0.214. The highest BCUT2D eigenvalue weighted by Gasteiger charge is 2.34. The molecule has 4 heteroatoms. The molecule has 3 atom stereocenters. The molecule has 3 aromatic rings. The molecule has 3 heterocycles. The van der Waals surface area contributed by atoms with E-state index in [1.54, 1.807) is 0 Å². The van der Waals surface area contributed by atoms with Crippen LogP contribution in [0.3, 0.4) is 0 Å². The van der Waals surface area contributed by atoms with E-state index in [-0.39, 0.29) is 6.10 Å². The van der Waals surface area contributed by atoms with E-state index in [0.717, 1.165) is 40.6 Å². The van der Waals surface area contributed by atoms with E-state index in [1.807, 2.05) is 42.6 Å². The first-order valence-electron chi connectivity index (χ1n) is 9.60. The zero-order valence-corrected chi connectivity index (χ0v) is 15.1. The fourth-order valence-electron chi connectivity index (χ4n) is 4.51. The van der Waals surface area contributed by atoms with Crippen LogP contribution in [0.2, 0.25) is 0 Å². The van der Waals surface area contributed by atoms with E-state index in [4.69, 9.17) is 4.74 Å². The minimum atomic E-state index is 0.214. The van der Waals surface area contributed by atoms with Crippen molar-refractivity contribution in [3.8, 4) is 23.1 Å². The first kappa shape index (κ1) is 16.3. The van der Waals surface area contributed by atoms with E-state index in [9.17, 15) is 5.26 Å². The topological polar surface area (TPSA) is 57.9 Å². The molecule has 0 aliphatic carbocycles. The number of nitriles is 1. The second kappa shape index (κ2) is 6.68. The van der Waals surface area contributed by atoms with Gasteiger partial charge < -0.3 is 10.1 Å². The summed E-state index contributed by atoms with van der Waals surface area (Å²) in [6.45, 7) is 0. The maximum absolute atomic E-state index is 9.51. The van der Waals surface area contributed by atoms with E-state index in [0.29, 0.717) is 17.6 Å². The van der Waals surface area contributed by atoms with Crippen molar-refractivity contribution in [2.45, 2.75) is 43.9 Å². The largest absolute Gasteiger partial charge is 0.490 e. The molecule has 2 aliphatic rings. The second-order valence-corrected chi connectivity index (χ2v) is 7.59. The van der Waals surface area contributed by atoms with Gasteiger partial charge in [-0.25, -0.2) is 0 Å². The molecule has 134 valence electrons. The third-order valence-electron chi connectivity index (χ3n) is 5.72.